The van der Waals surface area contributed by atoms with Crippen LogP contribution in [-0.2, 0) is 0 Å². The summed E-state index contributed by atoms with van der Waals surface area (Å²) < 4.78 is 0. The van der Waals surface area contributed by atoms with Crippen LogP contribution in [0.15, 0.2) is 18.2 Å². The van der Waals surface area contributed by atoms with E-state index < -0.39 is 5.97 Å². The number of hydrogen-bond donors (Lipinski definition) is 2. The molecule has 0 radical (unpaired) electrons. The van der Waals surface area contributed by atoms with Gasteiger partial charge in [0, 0.05) is 6.54 Å². The number of carboxylic acid groups (broad SMARTS) is 1. The number of nitrogens with one attached hydrogen (secondary N) is 1. The molecule has 0 atom stereocenters. The normalized spacial score (nSPS) is 16.5. The van der Waals surface area contributed by atoms with E-state index in [-0.39, 0.29) is 10.6 Å². The third-order valence-electron chi connectivity index (χ3n) is 3.53. The molecule has 1 aliphatic carbocycles. The number of anilines is 1. The summed E-state index contributed by atoms with van der Waals surface area (Å²) in [6.07, 6.45) is 6.36. The summed E-state index contributed by atoms with van der Waals surface area (Å²) in [6.45, 7) is 0.834. The Morgan fingerprint density at radius 2 is 2.06 bits per heavy atom. The molecule has 1 aliphatic rings. The van der Waals surface area contributed by atoms with Gasteiger partial charge in [0.25, 0.3) is 0 Å². The van der Waals surface area contributed by atoms with Crippen LogP contribution in [0, 0.1) is 5.92 Å². The van der Waals surface area contributed by atoms with Crippen molar-refractivity contribution in [1.82, 2.24) is 0 Å². The van der Waals surface area contributed by atoms with Crippen molar-refractivity contribution in [3.05, 3.63) is 28.8 Å². The molecule has 4 heteroatoms. The lowest BCUT2D eigenvalue weighted by Gasteiger charge is -2.22. The topological polar surface area (TPSA) is 49.3 Å². The van der Waals surface area contributed by atoms with Gasteiger partial charge in [0.1, 0.15) is 5.56 Å². The highest BCUT2D eigenvalue weighted by Crippen LogP contribution is 2.27. The fraction of sp³-hybridized carbons (Fsp3) is 0.500. The Labute approximate surface area is 112 Å². The van der Waals surface area contributed by atoms with E-state index in [0.29, 0.717) is 11.6 Å². The van der Waals surface area contributed by atoms with Gasteiger partial charge in [0.05, 0.1) is 10.7 Å². The Kier molecular flexibility index (Phi) is 4.48. The maximum absolute atomic E-state index is 11.2. The Morgan fingerprint density at radius 1 is 1.33 bits per heavy atom. The first kappa shape index (κ1) is 13.2. The standard InChI is InChI=1S/C14H18ClNO2/c15-11-7-4-8-12(13(11)14(17)18)16-9-10-5-2-1-3-6-10/h4,7-8,10,16H,1-3,5-6,9H2,(H,17,18). The van der Waals surface area contributed by atoms with E-state index in [1.165, 1.54) is 32.1 Å². The maximum Gasteiger partial charge on any atom is 0.339 e. The van der Waals surface area contributed by atoms with Crippen LogP contribution < -0.4 is 5.32 Å². The van der Waals surface area contributed by atoms with Crippen LogP contribution >= 0.6 is 11.6 Å². The quantitative estimate of drug-likeness (QED) is 0.866. The van der Waals surface area contributed by atoms with Gasteiger partial charge in [0.2, 0.25) is 0 Å². The van der Waals surface area contributed by atoms with E-state index in [9.17, 15) is 4.79 Å². The van der Waals surface area contributed by atoms with E-state index in [2.05, 4.69) is 5.32 Å². The molecule has 1 saturated carbocycles. The van der Waals surface area contributed by atoms with E-state index in [4.69, 9.17) is 16.7 Å². The third-order valence-corrected chi connectivity index (χ3v) is 3.85. The molecule has 0 aliphatic heterocycles. The molecule has 0 saturated heterocycles. The molecule has 98 valence electrons. The SMILES string of the molecule is O=C(O)c1c(Cl)cccc1NCC1CCCCC1. The second kappa shape index (κ2) is 6.10. The molecule has 1 fully saturated rings. The largest absolute Gasteiger partial charge is 0.478 e. The van der Waals surface area contributed by atoms with E-state index >= 15 is 0 Å². The van der Waals surface area contributed by atoms with Crippen molar-refractivity contribution in [2.24, 2.45) is 5.92 Å². The van der Waals surface area contributed by atoms with E-state index in [1.54, 1.807) is 18.2 Å². The minimum absolute atomic E-state index is 0.176. The van der Waals surface area contributed by atoms with Gasteiger partial charge in [-0.3, -0.25) is 0 Å². The minimum atomic E-state index is -0.980. The minimum Gasteiger partial charge on any atom is -0.478 e. The van der Waals surface area contributed by atoms with Gasteiger partial charge in [-0.15, -0.1) is 0 Å². The summed E-state index contributed by atoms with van der Waals surface area (Å²) in [6, 6.07) is 5.16. The average molecular weight is 268 g/mol. The first-order valence-corrected chi connectivity index (χ1v) is 6.82. The molecule has 1 aromatic rings. The number of carboxylic acids is 1. The molecule has 0 aromatic heterocycles. The summed E-state index contributed by atoms with van der Waals surface area (Å²) in [5, 5.41) is 12.7. The molecule has 0 heterocycles. The van der Waals surface area contributed by atoms with Crippen molar-refractivity contribution in [3.8, 4) is 0 Å². The molecular formula is C14H18ClNO2. The Bertz CT molecular complexity index is 428. The van der Waals surface area contributed by atoms with Gasteiger partial charge >= 0.3 is 5.97 Å². The maximum atomic E-state index is 11.2. The summed E-state index contributed by atoms with van der Waals surface area (Å²) in [4.78, 5) is 11.2. The first-order valence-electron chi connectivity index (χ1n) is 6.44. The second-order valence-corrected chi connectivity index (χ2v) is 5.26. The molecule has 1 aromatic carbocycles. The summed E-state index contributed by atoms with van der Waals surface area (Å²) in [5.74, 6) is -0.328. The van der Waals surface area contributed by atoms with Crippen LogP contribution in [0.1, 0.15) is 42.5 Å². The second-order valence-electron chi connectivity index (χ2n) is 4.85. The Hall–Kier alpha value is -1.22. The lowest BCUT2D eigenvalue weighted by Crippen LogP contribution is -2.18. The average Bonchev–Trinajstić information content (AvgIpc) is 2.37. The summed E-state index contributed by atoms with van der Waals surface area (Å²) >= 11 is 5.93. The lowest BCUT2D eigenvalue weighted by atomic mass is 9.89. The smallest absolute Gasteiger partial charge is 0.339 e. The number of rotatable bonds is 4. The predicted molar refractivity (Wildman–Crippen MR) is 73.5 cm³/mol. The van der Waals surface area contributed by atoms with Crippen molar-refractivity contribution in [2.45, 2.75) is 32.1 Å². The lowest BCUT2D eigenvalue weighted by molar-refractivity contribution is 0.0698. The van der Waals surface area contributed by atoms with Crippen molar-refractivity contribution in [1.29, 1.82) is 0 Å². The molecule has 0 unspecified atom stereocenters. The number of carbonyl (C=O) groups is 1. The van der Waals surface area contributed by atoms with Crippen molar-refractivity contribution in [3.63, 3.8) is 0 Å². The van der Waals surface area contributed by atoms with Gasteiger partial charge in [0.15, 0.2) is 0 Å². The van der Waals surface area contributed by atoms with Gasteiger partial charge in [-0.1, -0.05) is 36.9 Å². The number of benzene rings is 1. The molecule has 0 bridgehead atoms. The van der Waals surface area contributed by atoms with Crippen LogP contribution in [0.25, 0.3) is 0 Å². The van der Waals surface area contributed by atoms with Crippen molar-refractivity contribution < 1.29 is 9.90 Å². The fourth-order valence-electron chi connectivity index (χ4n) is 2.53. The third kappa shape index (κ3) is 3.16. The monoisotopic (exact) mass is 267 g/mol. The van der Waals surface area contributed by atoms with Crippen molar-refractivity contribution >= 4 is 23.3 Å². The zero-order valence-electron chi connectivity index (χ0n) is 10.3. The Morgan fingerprint density at radius 3 is 2.72 bits per heavy atom. The van der Waals surface area contributed by atoms with Gasteiger partial charge < -0.3 is 10.4 Å². The molecule has 2 rings (SSSR count). The number of hydrogen-bond acceptors (Lipinski definition) is 2. The molecule has 0 spiro atoms. The zero-order valence-corrected chi connectivity index (χ0v) is 11.0. The number of aromatic carboxylic acids is 1. The van der Waals surface area contributed by atoms with E-state index in [0.717, 1.165) is 6.54 Å². The van der Waals surface area contributed by atoms with Gasteiger partial charge in [-0.25, -0.2) is 4.79 Å². The summed E-state index contributed by atoms with van der Waals surface area (Å²) in [7, 11) is 0. The highest BCUT2D eigenvalue weighted by Gasteiger charge is 2.17. The van der Waals surface area contributed by atoms with Crippen molar-refractivity contribution in [2.75, 3.05) is 11.9 Å². The van der Waals surface area contributed by atoms with Crippen LogP contribution in [0.5, 0.6) is 0 Å². The number of halogens is 1. The molecule has 3 nitrogen and oxygen atoms in total. The van der Waals surface area contributed by atoms with Crippen LogP contribution in [-0.4, -0.2) is 17.6 Å². The van der Waals surface area contributed by atoms with Gasteiger partial charge in [-0.05, 0) is 30.9 Å². The molecule has 18 heavy (non-hydrogen) atoms. The molecule has 0 amide bonds. The molecule has 2 N–H and O–H groups in total. The van der Waals surface area contributed by atoms with Crippen LogP contribution in [0.4, 0.5) is 5.69 Å². The van der Waals surface area contributed by atoms with E-state index in [1.807, 2.05) is 0 Å². The van der Waals surface area contributed by atoms with Gasteiger partial charge in [-0.2, -0.15) is 0 Å². The van der Waals surface area contributed by atoms with Crippen LogP contribution in [0.3, 0.4) is 0 Å². The fourth-order valence-corrected chi connectivity index (χ4v) is 2.79. The van der Waals surface area contributed by atoms with Crippen LogP contribution in [0.2, 0.25) is 5.02 Å². The predicted octanol–water partition coefficient (Wildman–Crippen LogP) is 4.03. The Balaban J connectivity index is 2.04. The zero-order chi connectivity index (χ0) is 13.0. The highest BCUT2D eigenvalue weighted by molar-refractivity contribution is 6.34. The molecular weight excluding hydrogens is 250 g/mol. The first-order chi connectivity index (χ1) is 8.68. The summed E-state index contributed by atoms with van der Waals surface area (Å²) in [5.41, 5.74) is 0.801. The highest BCUT2D eigenvalue weighted by atomic mass is 35.5.